The van der Waals surface area contributed by atoms with Gasteiger partial charge in [0.25, 0.3) is 0 Å². The molecule has 0 spiro atoms. The Labute approximate surface area is 148 Å². The highest BCUT2D eigenvalue weighted by Gasteiger charge is 2.00. The van der Waals surface area contributed by atoms with Crippen molar-refractivity contribution in [2.24, 2.45) is 4.99 Å². The molecule has 6 heteroatoms. The van der Waals surface area contributed by atoms with Gasteiger partial charge in [0.2, 0.25) is 0 Å². The number of benzene rings is 1. The van der Waals surface area contributed by atoms with Crippen molar-refractivity contribution in [1.29, 1.82) is 0 Å². The van der Waals surface area contributed by atoms with Gasteiger partial charge in [0, 0.05) is 49.4 Å². The smallest absolute Gasteiger partial charge is 0.191 e. The molecule has 2 aromatic rings. The zero-order valence-corrected chi connectivity index (χ0v) is 15.3. The van der Waals surface area contributed by atoms with Crippen LogP contribution >= 0.6 is 11.3 Å². The zero-order valence-electron chi connectivity index (χ0n) is 14.5. The average Bonchev–Trinajstić information content (AvgIpc) is 3.01. The Morgan fingerprint density at radius 3 is 2.71 bits per heavy atom. The molecule has 130 valence electrons. The van der Waals surface area contributed by atoms with Crippen molar-refractivity contribution in [3.63, 3.8) is 0 Å². The van der Waals surface area contributed by atoms with Crippen LogP contribution in [0.15, 0.2) is 41.5 Å². The molecule has 0 aliphatic carbocycles. The van der Waals surface area contributed by atoms with Crippen LogP contribution in [0.3, 0.4) is 0 Å². The Morgan fingerprint density at radius 1 is 1.17 bits per heavy atom. The maximum atomic E-state index is 4.62. The number of aryl methyl sites for hydroxylation is 1. The van der Waals surface area contributed by atoms with Gasteiger partial charge in [0.05, 0.1) is 5.01 Å². The first-order valence-corrected chi connectivity index (χ1v) is 9.32. The number of hydrogen-bond donors (Lipinski definition) is 3. The van der Waals surface area contributed by atoms with Crippen LogP contribution < -0.4 is 16.0 Å². The van der Waals surface area contributed by atoms with Crippen molar-refractivity contribution in [3.8, 4) is 0 Å². The van der Waals surface area contributed by atoms with Crippen LogP contribution in [0.2, 0.25) is 0 Å². The second-order valence-electron chi connectivity index (χ2n) is 5.45. The lowest BCUT2D eigenvalue weighted by Gasteiger charge is -2.11. The summed E-state index contributed by atoms with van der Waals surface area (Å²) in [5, 5.41) is 11.2. The molecule has 1 aromatic heterocycles. The summed E-state index contributed by atoms with van der Waals surface area (Å²) in [6.07, 6.45) is 3.86. The standard InChI is InChI=1S/C18H27N5S/c1-3-19-18(22-13-10-17-23-14-15(2)24-17)21-12-7-11-20-16-8-5-4-6-9-16/h4-6,8-9,14,20H,3,7,10-13H2,1-2H3,(H2,19,21,22). The van der Waals surface area contributed by atoms with Crippen molar-refractivity contribution in [1.82, 2.24) is 15.6 Å². The van der Waals surface area contributed by atoms with Crippen LogP contribution in [0.25, 0.3) is 0 Å². The monoisotopic (exact) mass is 345 g/mol. The molecule has 0 fully saturated rings. The van der Waals surface area contributed by atoms with Gasteiger partial charge in [-0.3, -0.25) is 4.99 Å². The molecule has 1 aromatic carbocycles. The molecular weight excluding hydrogens is 318 g/mol. The van der Waals surface area contributed by atoms with Gasteiger partial charge >= 0.3 is 0 Å². The molecule has 0 atom stereocenters. The number of aliphatic imine (C=N–C) groups is 1. The van der Waals surface area contributed by atoms with Crippen LogP contribution in [0.1, 0.15) is 23.2 Å². The summed E-state index contributed by atoms with van der Waals surface area (Å²) in [5.74, 6) is 0.880. The number of rotatable bonds is 9. The summed E-state index contributed by atoms with van der Waals surface area (Å²) in [4.78, 5) is 10.3. The van der Waals surface area contributed by atoms with Gasteiger partial charge in [0.1, 0.15) is 0 Å². The molecule has 5 nitrogen and oxygen atoms in total. The number of thiazole rings is 1. The number of aromatic nitrogens is 1. The van der Waals surface area contributed by atoms with E-state index in [1.165, 1.54) is 9.88 Å². The summed E-state index contributed by atoms with van der Waals surface area (Å²) < 4.78 is 0. The highest BCUT2D eigenvalue weighted by atomic mass is 32.1. The fourth-order valence-electron chi connectivity index (χ4n) is 2.21. The van der Waals surface area contributed by atoms with E-state index in [-0.39, 0.29) is 0 Å². The molecule has 0 amide bonds. The van der Waals surface area contributed by atoms with Crippen molar-refractivity contribution < 1.29 is 0 Å². The van der Waals surface area contributed by atoms with E-state index < -0.39 is 0 Å². The Morgan fingerprint density at radius 2 is 2.00 bits per heavy atom. The van der Waals surface area contributed by atoms with E-state index in [2.05, 4.69) is 51.9 Å². The molecule has 0 radical (unpaired) electrons. The first kappa shape index (κ1) is 18.3. The largest absolute Gasteiger partial charge is 0.385 e. The van der Waals surface area contributed by atoms with Gasteiger partial charge < -0.3 is 16.0 Å². The quantitative estimate of drug-likeness (QED) is 0.371. The lowest BCUT2D eigenvalue weighted by Crippen LogP contribution is -2.38. The normalized spacial score (nSPS) is 11.3. The SMILES string of the molecule is CCNC(=NCCCNc1ccccc1)NCCc1ncc(C)s1. The van der Waals surface area contributed by atoms with Crippen molar-refractivity contribution in [3.05, 3.63) is 46.4 Å². The Kier molecular flexibility index (Phi) is 8.10. The summed E-state index contributed by atoms with van der Waals surface area (Å²) in [6.45, 7) is 7.60. The third-order valence-electron chi connectivity index (χ3n) is 3.35. The predicted molar refractivity (Wildman–Crippen MR) is 104 cm³/mol. The minimum atomic E-state index is 0.797. The van der Waals surface area contributed by atoms with Gasteiger partial charge in [-0.1, -0.05) is 18.2 Å². The molecule has 3 N–H and O–H groups in total. The van der Waals surface area contributed by atoms with E-state index in [0.717, 1.165) is 50.7 Å². The van der Waals surface area contributed by atoms with Gasteiger partial charge in [-0.15, -0.1) is 11.3 Å². The minimum Gasteiger partial charge on any atom is -0.385 e. The van der Waals surface area contributed by atoms with Gasteiger partial charge in [-0.25, -0.2) is 4.98 Å². The number of para-hydroxylation sites is 1. The zero-order chi connectivity index (χ0) is 17.0. The Bertz CT molecular complexity index is 609. The van der Waals surface area contributed by atoms with Crippen molar-refractivity contribution in [2.75, 3.05) is 31.5 Å². The molecule has 2 rings (SSSR count). The van der Waals surface area contributed by atoms with Crippen molar-refractivity contribution in [2.45, 2.75) is 26.7 Å². The number of guanidine groups is 1. The first-order valence-electron chi connectivity index (χ1n) is 8.50. The molecule has 0 aliphatic heterocycles. The van der Waals surface area contributed by atoms with Crippen molar-refractivity contribution >= 4 is 23.0 Å². The highest BCUT2D eigenvalue weighted by Crippen LogP contribution is 2.10. The van der Waals surface area contributed by atoms with Gasteiger partial charge in [-0.2, -0.15) is 0 Å². The predicted octanol–water partition coefficient (Wildman–Crippen LogP) is 3.05. The van der Waals surface area contributed by atoms with Crippen LogP contribution in [0.4, 0.5) is 5.69 Å². The Hall–Kier alpha value is -2.08. The maximum absolute atomic E-state index is 4.62. The van der Waals surface area contributed by atoms with E-state index in [1.807, 2.05) is 24.4 Å². The molecule has 0 unspecified atom stereocenters. The number of nitrogens with one attached hydrogen (secondary N) is 3. The molecule has 0 saturated heterocycles. The third kappa shape index (κ3) is 7.00. The summed E-state index contributed by atoms with van der Waals surface area (Å²) in [7, 11) is 0. The molecule has 1 heterocycles. The molecular formula is C18H27N5S. The van der Waals surface area contributed by atoms with Crippen LogP contribution in [-0.4, -0.2) is 37.1 Å². The molecule has 24 heavy (non-hydrogen) atoms. The van der Waals surface area contributed by atoms with Crippen LogP contribution in [0, 0.1) is 6.92 Å². The lowest BCUT2D eigenvalue weighted by molar-refractivity contribution is 0.785. The molecule has 0 bridgehead atoms. The minimum absolute atomic E-state index is 0.797. The van der Waals surface area contributed by atoms with Crippen LogP contribution in [0.5, 0.6) is 0 Å². The van der Waals surface area contributed by atoms with E-state index in [9.17, 15) is 0 Å². The summed E-state index contributed by atoms with van der Waals surface area (Å²) in [6, 6.07) is 10.3. The highest BCUT2D eigenvalue weighted by molar-refractivity contribution is 7.11. The maximum Gasteiger partial charge on any atom is 0.191 e. The second kappa shape index (κ2) is 10.6. The molecule has 0 aliphatic rings. The number of anilines is 1. The third-order valence-corrected chi connectivity index (χ3v) is 4.32. The van der Waals surface area contributed by atoms with E-state index in [1.54, 1.807) is 11.3 Å². The first-order chi connectivity index (χ1) is 11.8. The number of hydrogen-bond acceptors (Lipinski definition) is 4. The van der Waals surface area contributed by atoms with Crippen LogP contribution in [-0.2, 0) is 6.42 Å². The van der Waals surface area contributed by atoms with E-state index in [0.29, 0.717) is 0 Å². The Balaban J connectivity index is 1.66. The van der Waals surface area contributed by atoms with Gasteiger partial charge in [0.15, 0.2) is 5.96 Å². The van der Waals surface area contributed by atoms with Gasteiger partial charge in [-0.05, 0) is 32.4 Å². The average molecular weight is 346 g/mol. The summed E-state index contributed by atoms with van der Waals surface area (Å²) >= 11 is 1.76. The molecule has 0 saturated carbocycles. The topological polar surface area (TPSA) is 61.3 Å². The van der Waals surface area contributed by atoms with E-state index in [4.69, 9.17) is 0 Å². The fraction of sp³-hybridized carbons (Fsp3) is 0.444. The fourth-order valence-corrected chi connectivity index (χ4v) is 2.99. The number of nitrogens with zero attached hydrogens (tertiary/aromatic N) is 2. The lowest BCUT2D eigenvalue weighted by atomic mass is 10.3. The second-order valence-corrected chi connectivity index (χ2v) is 6.77. The van der Waals surface area contributed by atoms with E-state index >= 15 is 0 Å². The summed E-state index contributed by atoms with van der Waals surface area (Å²) in [5.41, 5.74) is 1.16.